The van der Waals surface area contributed by atoms with Crippen molar-refractivity contribution in [2.45, 2.75) is 5.75 Å². The first-order valence-corrected chi connectivity index (χ1v) is 9.34. The van der Waals surface area contributed by atoms with Crippen molar-refractivity contribution in [1.82, 2.24) is 4.90 Å². The highest BCUT2D eigenvalue weighted by Crippen LogP contribution is 2.17. The minimum Gasteiger partial charge on any atom is -0.345 e. The van der Waals surface area contributed by atoms with Crippen LogP contribution in [0.2, 0.25) is 0 Å². The molecule has 0 saturated heterocycles. The highest BCUT2D eigenvalue weighted by atomic mass is 79.9. The van der Waals surface area contributed by atoms with Crippen LogP contribution in [0, 0.1) is 0 Å². The van der Waals surface area contributed by atoms with Crippen molar-refractivity contribution in [2.24, 2.45) is 0 Å². The zero-order valence-electron chi connectivity index (χ0n) is 13.6. The second kappa shape index (κ2) is 8.89. The number of hydrogen-bond donors (Lipinski definition) is 1. The molecule has 126 valence electrons. The maximum Gasteiger partial charge on any atom is 0.253 e. The first-order chi connectivity index (χ1) is 11.5. The number of nitrogens with one attached hydrogen (secondary N) is 1. The third-order valence-electron chi connectivity index (χ3n) is 3.21. The topological polar surface area (TPSA) is 49.4 Å². The van der Waals surface area contributed by atoms with E-state index in [2.05, 4.69) is 21.2 Å². The quantitative estimate of drug-likeness (QED) is 0.787. The lowest BCUT2D eigenvalue weighted by Crippen LogP contribution is -2.21. The number of nitrogens with zero attached hydrogens (tertiary/aromatic N) is 1. The van der Waals surface area contributed by atoms with Crippen molar-refractivity contribution < 1.29 is 9.59 Å². The van der Waals surface area contributed by atoms with Gasteiger partial charge in [0.05, 0.1) is 5.75 Å². The number of halogens is 1. The van der Waals surface area contributed by atoms with Crippen molar-refractivity contribution in [2.75, 3.05) is 25.2 Å². The van der Waals surface area contributed by atoms with E-state index in [1.807, 2.05) is 24.3 Å². The van der Waals surface area contributed by atoms with E-state index in [1.54, 1.807) is 50.1 Å². The van der Waals surface area contributed by atoms with Crippen molar-refractivity contribution in [3.8, 4) is 0 Å². The second-order valence-corrected chi connectivity index (χ2v) is 7.35. The Morgan fingerprint density at radius 1 is 1.12 bits per heavy atom. The molecule has 0 radical (unpaired) electrons. The Balaban J connectivity index is 1.81. The number of anilines is 1. The summed E-state index contributed by atoms with van der Waals surface area (Å²) in [4.78, 5) is 25.3. The van der Waals surface area contributed by atoms with Gasteiger partial charge in [-0.2, -0.15) is 0 Å². The minimum atomic E-state index is -0.0579. The van der Waals surface area contributed by atoms with Gasteiger partial charge in [0.2, 0.25) is 5.91 Å². The predicted molar refractivity (Wildman–Crippen MR) is 103 cm³/mol. The van der Waals surface area contributed by atoms with Crippen molar-refractivity contribution in [1.29, 1.82) is 0 Å². The van der Waals surface area contributed by atoms with Gasteiger partial charge >= 0.3 is 0 Å². The molecule has 0 aliphatic heterocycles. The normalized spacial score (nSPS) is 10.3. The molecule has 0 fully saturated rings. The third kappa shape index (κ3) is 5.69. The summed E-state index contributed by atoms with van der Waals surface area (Å²) < 4.78 is 1.04. The van der Waals surface area contributed by atoms with Crippen molar-refractivity contribution in [3.05, 3.63) is 64.1 Å². The number of thioether (sulfide) groups is 1. The van der Waals surface area contributed by atoms with E-state index in [9.17, 15) is 9.59 Å². The van der Waals surface area contributed by atoms with Gasteiger partial charge in [0.1, 0.15) is 0 Å². The summed E-state index contributed by atoms with van der Waals surface area (Å²) in [5, 5.41) is 2.84. The van der Waals surface area contributed by atoms with Gasteiger partial charge in [-0.05, 0) is 42.0 Å². The Morgan fingerprint density at radius 3 is 2.46 bits per heavy atom. The van der Waals surface area contributed by atoms with E-state index in [4.69, 9.17) is 0 Å². The molecule has 4 nitrogen and oxygen atoms in total. The van der Waals surface area contributed by atoms with Gasteiger partial charge in [-0.15, -0.1) is 11.8 Å². The molecule has 6 heteroatoms. The molecule has 2 amide bonds. The van der Waals surface area contributed by atoms with Gasteiger partial charge in [0.15, 0.2) is 0 Å². The van der Waals surface area contributed by atoms with E-state index < -0.39 is 0 Å². The van der Waals surface area contributed by atoms with Crippen LogP contribution in [0.5, 0.6) is 0 Å². The van der Waals surface area contributed by atoms with Crippen LogP contribution in [0.25, 0.3) is 0 Å². The third-order valence-corrected chi connectivity index (χ3v) is 4.71. The summed E-state index contributed by atoms with van der Waals surface area (Å²) in [5.74, 6) is 1.05. The SMILES string of the molecule is CN(C)C(=O)c1ccc(NC(=O)CSCc2cccc(Br)c2)cc1. The van der Waals surface area contributed by atoms with E-state index in [0.717, 1.165) is 10.2 Å². The Kier molecular flexibility index (Phi) is 6.87. The molecule has 0 unspecified atom stereocenters. The van der Waals surface area contributed by atoms with Crippen LogP contribution in [0.4, 0.5) is 5.69 Å². The van der Waals surface area contributed by atoms with Crippen LogP contribution >= 0.6 is 27.7 Å². The monoisotopic (exact) mass is 406 g/mol. The standard InChI is InChI=1S/C18H19BrN2O2S/c1-21(2)18(23)14-6-8-16(9-7-14)20-17(22)12-24-11-13-4-3-5-15(19)10-13/h3-10H,11-12H2,1-2H3,(H,20,22). The predicted octanol–water partition coefficient (Wildman–Crippen LogP) is 4.02. The Morgan fingerprint density at radius 2 is 1.83 bits per heavy atom. The summed E-state index contributed by atoms with van der Waals surface area (Å²) in [6.45, 7) is 0. The second-order valence-electron chi connectivity index (χ2n) is 5.45. The molecule has 0 saturated carbocycles. The van der Waals surface area contributed by atoms with Gasteiger partial charge in [-0.3, -0.25) is 9.59 Å². The highest BCUT2D eigenvalue weighted by molar-refractivity contribution is 9.10. The number of carbonyl (C=O) groups excluding carboxylic acids is 2. The molecule has 2 rings (SSSR count). The molecule has 1 N–H and O–H groups in total. The molecular formula is C18H19BrN2O2S. The van der Waals surface area contributed by atoms with Gasteiger partial charge in [0, 0.05) is 35.6 Å². The minimum absolute atomic E-state index is 0.0540. The number of amides is 2. The summed E-state index contributed by atoms with van der Waals surface area (Å²) >= 11 is 5.00. The van der Waals surface area contributed by atoms with Crippen LogP contribution in [-0.4, -0.2) is 36.6 Å². The maximum absolute atomic E-state index is 12.0. The van der Waals surface area contributed by atoms with Crippen LogP contribution in [0.15, 0.2) is 53.0 Å². The van der Waals surface area contributed by atoms with E-state index >= 15 is 0 Å². The zero-order valence-corrected chi connectivity index (χ0v) is 16.0. The van der Waals surface area contributed by atoms with Crippen LogP contribution in [0.3, 0.4) is 0 Å². The summed E-state index contributed by atoms with van der Waals surface area (Å²) in [6.07, 6.45) is 0. The number of carbonyl (C=O) groups is 2. The Hall–Kier alpha value is -1.79. The molecule has 0 aliphatic rings. The lowest BCUT2D eigenvalue weighted by molar-refractivity contribution is -0.113. The van der Waals surface area contributed by atoms with Gasteiger partial charge in [-0.1, -0.05) is 28.1 Å². The van der Waals surface area contributed by atoms with Crippen LogP contribution in [-0.2, 0) is 10.5 Å². The zero-order chi connectivity index (χ0) is 17.5. The smallest absolute Gasteiger partial charge is 0.253 e. The lowest BCUT2D eigenvalue weighted by atomic mass is 10.2. The average molecular weight is 407 g/mol. The molecule has 2 aromatic carbocycles. The van der Waals surface area contributed by atoms with Crippen LogP contribution < -0.4 is 5.32 Å². The average Bonchev–Trinajstić information content (AvgIpc) is 2.55. The summed E-state index contributed by atoms with van der Waals surface area (Å²) in [6, 6.07) is 15.0. The molecule has 0 aliphatic carbocycles. The Bertz CT molecular complexity index is 717. The fraction of sp³-hybridized carbons (Fsp3) is 0.222. The molecule has 0 bridgehead atoms. The molecule has 0 spiro atoms. The fourth-order valence-electron chi connectivity index (χ4n) is 2.04. The first-order valence-electron chi connectivity index (χ1n) is 7.39. The first kappa shape index (κ1) is 18.5. The van der Waals surface area contributed by atoms with Crippen LogP contribution in [0.1, 0.15) is 15.9 Å². The maximum atomic E-state index is 12.0. The van der Waals surface area contributed by atoms with E-state index in [-0.39, 0.29) is 11.8 Å². The number of rotatable bonds is 6. The van der Waals surface area contributed by atoms with Gasteiger partial charge in [-0.25, -0.2) is 0 Å². The molecule has 24 heavy (non-hydrogen) atoms. The molecule has 0 atom stereocenters. The molecule has 0 heterocycles. The van der Waals surface area contributed by atoms with Crippen molar-refractivity contribution >= 4 is 45.2 Å². The highest BCUT2D eigenvalue weighted by Gasteiger charge is 2.08. The van der Waals surface area contributed by atoms with Gasteiger partial charge in [0.25, 0.3) is 5.91 Å². The fourth-order valence-corrected chi connectivity index (χ4v) is 3.26. The lowest BCUT2D eigenvalue weighted by Gasteiger charge is -2.11. The summed E-state index contributed by atoms with van der Waals surface area (Å²) in [5.41, 5.74) is 2.47. The Labute approximate surface area is 154 Å². The molecule has 2 aromatic rings. The number of benzene rings is 2. The largest absolute Gasteiger partial charge is 0.345 e. The van der Waals surface area contributed by atoms with E-state index in [1.165, 1.54) is 10.5 Å². The molecule has 0 aromatic heterocycles. The van der Waals surface area contributed by atoms with Gasteiger partial charge < -0.3 is 10.2 Å². The number of hydrogen-bond acceptors (Lipinski definition) is 3. The van der Waals surface area contributed by atoms with Crippen molar-refractivity contribution in [3.63, 3.8) is 0 Å². The molecular weight excluding hydrogens is 388 g/mol. The van der Waals surface area contributed by atoms with E-state index in [0.29, 0.717) is 17.0 Å². The summed E-state index contributed by atoms with van der Waals surface area (Å²) in [7, 11) is 3.42.